The molecule has 1 aromatic rings. The van der Waals surface area contributed by atoms with E-state index >= 15 is 0 Å². The molecule has 0 aliphatic heterocycles. The Bertz CT molecular complexity index is 593. The molecule has 1 unspecified atom stereocenters. The topological polar surface area (TPSA) is 89.3 Å². The van der Waals surface area contributed by atoms with Crippen LogP contribution in [0.1, 0.15) is 31.4 Å². The van der Waals surface area contributed by atoms with Gasteiger partial charge in [0.25, 0.3) is 0 Å². The molecule has 1 atom stereocenters. The fraction of sp³-hybridized carbons (Fsp3) is 0.462. The van der Waals surface area contributed by atoms with Crippen LogP contribution in [0.4, 0.5) is 4.39 Å². The van der Waals surface area contributed by atoms with Gasteiger partial charge in [0.2, 0.25) is 5.91 Å². The Kier molecular flexibility index (Phi) is 7.84. The largest absolute Gasteiger partial charge is 0.350 e. The van der Waals surface area contributed by atoms with E-state index < -0.39 is 21.7 Å². The van der Waals surface area contributed by atoms with Crippen LogP contribution in [0.2, 0.25) is 0 Å². The number of amides is 1. The van der Waals surface area contributed by atoms with E-state index in [-0.39, 0.29) is 23.2 Å². The summed E-state index contributed by atoms with van der Waals surface area (Å²) in [5.74, 6) is -0.983. The number of nitrogens with one attached hydrogen (secondary N) is 1. The van der Waals surface area contributed by atoms with Crippen LogP contribution in [-0.2, 0) is 14.6 Å². The van der Waals surface area contributed by atoms with Crippen molar-refractivity contribution in [1.82, 2.24) is 5.32 Å². The summed E-state index contributed by atoms with van der Waals surface area (Å²) in [4.78, 5) is 11.2. The number of nitrogens with two attached hydrogens (primary N) is 1. The minimum Gasteiger partial charge on any atom is -0.350 e. The Balaban J connectivity index is 0.00000400. The Hall–Kier alpha value is -1.18. The van der Waals surface area contributed by atoms with E-state index in [0.717, 1.165) is 12.3 Å². The van der Waals surface area contributed by atoms with Gasteiger partial charge in [-0.15, -0.1) is 12.4 Å². The second-order valence-electron chi connectivity index (χ2n) is 4.64. The zero-order valence-corrected chi connectivity index (χ0v) is 13.6. The fourth-order valence-electron chi connectivity index (χ4n) is 1.75. The van der Waals surface area contributed by atoms with Crippen LogP contribution in [0.25, 0.3) is 0 Å². The number of benzene rings is 1. The zero-order chi connectivity index (χ0) is 15.3. The first-order valence-electron chi connectivity index (χ1n) is 6.24. The number of carbonyl (C=O) groups excluding carboxylic acids is 1. The minimum atomic E-state index is -3.59. The molecular weight excluding hydrogens is 319 g/mol. The molecular formula is C13H20ClFN2O3S. The summed E-state index contributed by atoms with van der Waals surface area (Å²) in [6.45, 7) is 2.13. The molecule has 0 aliphatic carbocycles. The average Bonchev–Trinajstić information content (AvgIpc) is 2.34. The average molecular weight is 339 g/mol. The summed E-state index contributed by atoms with van der Waals surface area (Å²) in [7, 11) is -3.59. The summed E-state index contributed by atoms with van der Waals surface area (Å²) in [6.07, 6.45) is 1.84. The Morgan fingerprint density at radius 1 is 1.43 bits per heavy atom. The SMILES string of the molecule is CC(NC(=O)CCCN)c1ccc(S(C)(=O)=O)c(F)c1.Cl. The number of halogens is 2. The molecule has 1 aromatic carbocycles. The van der Waals surface area contributed by atoms with E-state index in [1.165, 1.54) is 12.1 Å². The normalized spacial score (nSPS) is 12.4. The standard InChI is InChI=1S/C13H19FN2O3S.ClH/c1-9(16-13(17)4-3-7-15)10-5-6-12(11(14)8-10)20(2,18)19;/h5-6,8-9H,3-4,7,15H2,1-2H3,(H,16,17);1H. The van der Waals surface area contributed by atoms with Crippen LogP contribution in [0, 0.1) is 5.82 Å². The van der Waals surface area contributed by atoms with Crippen molar-refractivity contribution in [2.45, 2.75) is 30.7 Å². The number of rotatable bonds is 6. The Morgan fingerprint density at radius 2 is 2.05 bits per heavy atom. The third-order valence-corrected chi connectivity index (χ3v) is 3.97. The number of hydrogen-bond acceptors (Lipinski definition) is 4. The smallest absolute Gasteiger partial charge is 0.220 e. The molecule has 1 amide bonds. The second kappa shape index (κ2) is 8.31. The van der Waals surface area contributed by atoms with Gasteiger partial charge in [-0.2, -0.15) is 0 Å². The Labute approximate surface area is 130 Å². The zero-order valence-electron chi connectivity index (χ0n) is 11.9. The molecule has 0 radical (unpaired) electrons. The first kappa shape index (κ1) is 19.8. The van der Waals surface area contributed by atoms with E-state index in [2.05, 4.69) is 5.32 Å². The summed E-state index contributed by atoms with van der Waals surface area (Å²) in [5.41, 5.74) is 5.82. The lowest BCUT2D eigenvalue weighted by molar-refractivity contribution is -0.121. The maximum Gasteiger partial charge on any atom is 0.220 e. The van der Waals surface area contributed by atoms with Gasteiger partial charge in [0.15, 0.2) is 9.84 Å². The van der Waals surface area contributed by atoms with Gasteiger partial charge >= 0.3 is 0 Å². The third-order valence-electron chi connectivity index (χ3n) is 2.84. The molecule has 5 nitrogen and oxygen atoms in total. The van der Waals surface area contributed by atoms with Gasteiger partial charge in [-0.3, -0.25) is 4.79 Å². The van der Waals surface area contributed by atoms with Crippen LogP contribution in [-0.4, -0.2) is 27.1 Å². The molecule has 0 saturated heterocycles. The first-order chi connectivity index (χ1) is 9.25. The molecule has 0 aromatic heterocycles. The molecule has 1 rings (SSSR count). The van der Waals surface area contributed by atoms with E-state index in [4.69, 9.17) is 5.73 Å². The molecule has 0 saturated carbocycles. The van der Waals surface area contributed by atoms with Crippen molar-refractivity contribution in [3.63, 3.8) is 0 Å². The molecule has 21 heavy (non-hydrogen) atoms. The molecule has 0 heterocycles. The van der Waals surface area contributed by atoms with Crippen molar-refractivity contribution >= 4 is 28.2 Å². The first-order valence-corrected chi connectivity index (χ1v) is 8.13. The molecule has 0 bridgehead atoms. The maximum absolute atomic E-state index is 13.7. The lowest BCUT2D eigenvalue weighted by Gasteiger charge is -2.15. The Morgan fingerprint density at radius 3 is 2.52 bits per heavy atom. The van der Waals surface area contributed by atoms with Gasteiger partial charge in [-0.05, 0) is 37.6 Å². The summed E-state index contributed by atoms with van der Waals surface area (Å²) < 4.78 is 36.4. The molecule has 3 N–H and O–H groups in total. The highest BCUT2D eigenvalue weighted by Crippen LogP contribution is 2.20. The van der Waals surface area contributed by atoms with Crippen LogP contribution >= 0.6 is 12.4 Å². The molecule has 8 heteroatoms. The quantitative estimate of drug-likeness (QED) is 0.823. The van der Waals surface area contributed by atoms with Crippen molar-refractivity contribution in [1.29, 1.82) is 0 Å². The lowest BCUT2D eigenvalue weighted by atomic mass is 10.1. The summed E-state index contributed by atoms with van der Waals surface area (Å²) in [5, 5.41) is 2.71. The third kappa shape index (κ3) is 5.99. The van der Waals surface area contributed by atoms with E-state index in [1.807, 2.05) is 0 Å². The van der Waals surface area contributed by atoms with E-state index in [0.29, 0.717) is 24.9 Å². The van der Waals surface area contributed by atoms with Crippen molar-refractivity contribution < 1.29 is 17.6 Å². The highest BCUT2D eigenvalue weighted by Gasteiger charge is 2.16. The summed E-state index contributed by atoms with van der Waals surface area (Å²) in [6, 6.07) is 3.43. The monoisotopic (exact) mass is 338 g/mol. The van der Waals surface area contributed by atoms with Gasteiger partial charge in [0.1, 0.15) is 10.7 Å². The van der Waals surface area contributed by atoms with Crippen molar-refractivity contribution in [3.05, 3.63) is 29.6 Å². The van der Waals surface area contributed by atoms with Crippen molar-refractivity contribution in [3.8, 4) is 0 Å². The van der Waals surface area contributed by atoms with E-state index in [9.17, 15) is 17.6 Å². The van der Waals surface area contributed by atoms with E-state index in [1.54, 1.807) is 6.92 Å². The van der Waals surface area contributed by atoms with Gasteiger partial charge in [-0.1, -0.05) is 6.07 Å². The number of hydrogen-bond donors (Lipinski definition) is 2. The predicted octanol–water partition coefficient (Wildman–Crippen LogP) is 1.57. The van der Waals surface area contributed by atoms with Crippen LogP contribution < -0.4 is 11.1 Å². The minimum absolute atomic E-state index is 0. The van der Waals surface area contributed by atoms with Crippen LogP contribution in [0.3, 0.4) is 0 Å². The molecule has 0 aliphatic rings. The van der Waals surface area contributed by atoms with Gasteiger partial charge in [0, 0.05) is 12.7 Å². The number of sulfone groups is 1. The van der Waals surface area contributed by atoms with Gasteiger partial charge < -0.3 is 11.1 Å². The van der Waals surface area contributed by atoms with Gasteiger partial charge in [-0.25, -0.2) is 12.8 Å². The fourth-order valence-corrected chi connectivity index (χ4v) is 2.48. The lowest BCUT2D eigenvalue weighted by Crippen LogP contribution is -2.27. The second-order valence-corrected chi connectivity index (χ2v) is 6.63. The maximum atomic E-state index is 13.7. The molecule has 0 fully saturated rings. The van der Waals surface area contributed by atoms with Crippen LogP contribution in [0.5, 0.6) is 0 Å². The number of carbonyl (C=O) groups is 1. The van der Waals surface area contributed by atoms with Crippen LogP contribution in [0.15, 0.2) is 23.1 Å². The highest BCUT2D eigenvalue weighted by molar-refractivity contribution is 7.90. The summed E-state index contributed by atoms with van der Waals surface area (Å²) >= 11 is 0. The van der Waals surface area contributed by atoms with Gasteiger partial charge in [0.05, 0.1) is 6.04 Å². The molecule has 0 spiro atoms. The van der Waals surface area contributed by atoms with Crippen molar-refractivity contribution in [2.75, 3.05) is 12.8 Å². The predicted molar refractivity (Wildman–Crippen MR) is 81.6 cm³/mol. The highest BCUT2D eigenvalue weighted by atomic mass is 35.5. The van der Waals surface area contributed by atoms with Crippen molar-refractivity contribution in [2.24, 2.45) is 5.73 Å². The molecule has 120 valence electrons.